The summed E-state index contributed by atoms with van der Waals surface area (Å²) in [5, 5.41) is 2.13. The highest BCUT2D eigenvalue weighted by Gasteiger charge is 2.32. The summed E-state index contributed by atoms with van der Waals surface area (Å²) in [7, 11) is -1.63. The van der Waals surface area contributed by atoms with Crippen molar-refractivity contribution in [3.8, 4) is 11.5 Å². The van der Waals surface area contributed by atoms with Crippen molar-refractivity contribution in [1.29, 1.82) is 0 Å². The fourth-order valence-corrected chi connectivity index (χ4v) is 5.11. The van der Waals surface area contributed by atoms with E-state index in [9.17, 15) is 26.4 Å². The van der Waals surface area contributed by atoms with Crippen LogP contribution in [-0.4, -0.2) is 35.1 Å². The molecule has 0 aliphatic heterocycles. The summed E-state index contributed by atoms with van der Waals surface area (Å²) in [5.41, 5.74) is -0.586. The second kappa shape index (κ2) is 10.7. The quantitative estimate of drug-likeness (QED) is 0.405. The van der Waals surface area contributed by atoms with Crippen LogP contribution in [-0.2, 0) is 21.0 Å². The summed E-state index contributed by atoms with van der Waals surface area (Å²) in [6.07, 6.45) is -4.66. The average molecular weight is 543 g/mol. The van der Waals surface area contributed by atoms with Crippen molar-refractivity contribution < 1.29 is 35.9 Å². The Bertz CT molecular complexity index is 1360. The van der Waals surface area contributed by atoms with E-state index in [4.69, 9.17) is 21.1 Å². The molecule has 36 heavy (non-hydrogen) atoms. The van der Waals surface area contributed by atoms with Crippen molar-refractivity contribution in [2.75, 3.05) is 30.4 Å². The number of carbonyl (C=O) groups is 1. The molecule has 3 rings (SSSR count). The number of carbonyl (C=O) groups excluding carboxylic acids is 1. The Kier molecular flexibility index (Phi) is 8.05. The van der Waals surface area contributed by atoms with Crippen LogP contribution < -0.4 is 19.1 Å². The molecule has 0 heterocycles. The Hall–Kier alpha value is -3.44. The van der Waals surface area contributed by atoms with Gasteiger partial charge in [-0.2, -0.15) is 13.2 Å². The molecular weight excluding hydrogens is 521 g/mol. The van der Waals surface area contributed by atoms with Gasteiger partial charge in [0, 0.05) is 0 Å². The van der Waals surface area contributed by atoms with E-state index in [1.807, 2.05) is 0 Å². The molecule has 0 atom stereocenters. The van der Waals surface area contributed by atoms with E-state index in [2.05, 4.69) is 5.32 Å². The number of nitrogens with one attached hydrogen (secondary N) is 1. The smallest absolute Gasteiger partial charge is 0.416 e. The molecule has 3 aromatic carbocycles. The van der Waals surface area contributed by atoms with Crippen molar-refractivity contribution in [3.63, 3.8) is 0 Å². The van der Waals surface area contributed by atoms with Crippen LogP contribution in [0.2, 0.25) is 5.02 Å². The maximum atomic E-state index is 13.7. The lowest BCUT2D eigenvalue weighted by molar-refractivity contribution is -0.137. The lowest BCUT2D eigenvalue weighted by Crippen LogP contribution is -2.38. The molecule has 0 unspecified atom stereocenters. The molecule has 3 aromatic rings. The zero-order chi connectivity index (χ0) is 26.7. The lowest BCUT2D eigenvalue weighted by Gasteiger charge is -2.25. The van der Waals surface area contributed by atoms with Crippen LogP contribution in [0, 0.1) is 6.92 Å². The molecule has 0 radical (unpaired) electrons. The number of sulfonamides is 1. The van der Waals surface area contributed by atoms with E-state index in [1.54, 1.807) is 13.0 Å². The molecule has 0 saturated carbocycles. The monoisotopic (exact) mass is 542 g/mol. The largest absolute Gasteiger partial charge is 0.497 e. The van der Waals surface area contributed by atoms with Gasteiger partial charge >= 0.3 is 6.18 Å². The molecule has 0 aliphatic carbocycles. The molecular formula is C24H22ClF3N2O5S. The number of hydrogen-bond donors (Lipinski definition) is 1. The zero-order valence-electron chi connectivity index (χ0n) is 19.4. The number of ether oxygens (including phenoxy) is 2. The zero-order valence-corrected chi connectivity index (χ0v) is 21.0. The summed E-state index contributed by atoms with van der Waals surface area (Å²) in [6, 6.07) is 12.9. The SMILES string of the molecule is COc1ccc(N(CC(=O)Nc2cc(C(F)(F)F)ccc2Cl)S(=O)(=O)c2cc(C)ccc2OC)cc1. The Morgan fingerprint density at radius 2 is 1.67 bits per heavy atom. The Balaban J connectivity index is 2.03. The van der Waals surface area contributed by atoms with E-state index in [0.717, 1.165) is 16.4 Å². The van der Waals surface area contributed by atoms with E-state index in [-0.39, 0.29) is 27.0 Å². The molecule has 1 N–H and O–H groups in total. The number of alkyl halides is 3. The van der Waals surface area contributed by atoms with Crippen LogP contribution in [0.15, 0.2) is 65.6 Å². The molecule has 12 heteroatoms. The van der Waals surface area contributed by atoms with Crippen molar-refractivity contribution in [2.45, 2.75) is 18.0 Å². The molecule has 1 amide bonds. The fraction of sp³-hybridized carbons (Fsp3) is 0.208. The summed E-state index contributed by atoms with van der Waals surface area (Å²) < 4.78 is 77.9. The fourth-order valence-electron chi connectivity index (χ4n) is 3.29. The van der Waals surface area contributed by atoms with Gasteiger partial charge in [0.1, 0.15) is 22.9 Å². The minimum absolute atomic E-state index is 0.0560. The van der Waals surface area contributed by atoms with Gasteiger partial charge < -0.3 is 14.8 Å². The van der Waals surface area contributed by atoms with Gasteiger partial charge in [0.25, 0.3) is 10.0 Å². The van der Waals surface area contributed by atoms with Gasteiger partial charge in [0.05, 0.1) is 36.2 Å². The standard InChI is InChI=1S/C24H22ClF3N2O5S/c1-15-4-11-21(35-3)22(12-15)36(32,33)30(17-6-8-18(34-2)9-7-17)14-23(31)29-20-13-16(24(26,27)28)5-10-19(20)25/h4-13H,14H2,1-3H3,(H,29,31). The van der Waals surface area contributed by atoms with Gasteiger partial charge in [0.15, 0.2) is 0 Å². The first-order valence-corrected chi connectivity index (χ1v) is 12.2. The highest BCUT2D eigenvalue weighted by Crippen LogP contribution is 2.35. The molecule has 0 aromatic heterocycles. The van der Waals surface area contributed by atoms with Crippen LogP contribution in [0.4, 0.5) is 24.5 Å². The molecule has 0 spiro atoms. The molecule has 0 aliphatic rings. The number of aryl methyl sites for hydroxylation is 1. The van der Waals surface area contributed by atoms with Gasteiger partial charge in [-0.3, -0.25) is 9.10 Å². The Labute approximate surface area is 211 Å². The van der Waals surface area contributed by atoms with E-state index in [0.29, 0.717) is 17.4 Å². The average Bonchev–Trinajstić information content (AvgIpc) is 2.83. The van der Waals surface area contributed by atoms with Gasteiger partial charge in [0.2, 0.25) is 5.91 Å². The lowest BCUT2D eigenvalue weighted by atomic mass is 10.2. The summed E-state index contributed by atoms with van der Waals surface area (Å²) in [6.45, 7) is 0.927. The number of amides is 1. The second-order valence-electron chi connectivity index (χ2n) is 7.60. The first-order chi connectivity index (χ1) is 16.9. The van der Waals surface area contributed by atoms with Crippen molar-refractivity contribution in [1.82, 2.24) is 0 Å². The Morgan fingerprint density at radius 1 is 1.00 bits per heavy atom. The van der Waals surface area contributed by atoms with Crippen molar-refractivity contribution in [2.24, 2.45) is 0 Å². The molecule has 192 valence electrons. The number of hydrogen-bond acceptors (Lipinski definition) is 5. The van der Waals surface area contributed by atoms with E-state index in [1.165, 1.54) is 50.6 Å². The van der Waals surface area contributed by atoms with Gasteiger partial charge in [-0.05, 0) is 67.1 Å². The number of benzene rings is 3. The normalized spacial score (nSPS) is 11.6. The third-order valence-electron chi connectivity index (χ3n) is 5.10. The number of rotatable bonds is 8. The van der Waals surface area contributed by atoms with E-state index >= 15 is 0 Å². The van der Waals surface area contributed by atoms with Crippen LogP contribution in [0.3, 0.4) is 0 Å². The van der Waals surface area contributed by atoms with Gasteiger partial charge in [-0.1, -0.05) is 17.7 Å². The van der Waals surface area contributed by atoms with Crippen LogP contribution in [0.25, 0.3) is 0 Å². The predicted molar refractivity (Wildman–Crippen MR) is 130 cm³/mol. The maximum absolute atomic E-state index is 13.7. The minimum Gasteiger partial charge on any atom is -0.497 e. The van der Waals surface area contributed by atoms with E-state index < -0.39 is 34.2 Å². The van der Waals surface area contributed by atoms with Gasteiger partial charge in [-0.25, -0.2) is 8.42 Å². The topological polar surface area (TPSA) is 84.9 Å². The summed E-state index contributed by atoms with van der Waals surface area (Å²) in [5.74, 6) is -0.410. The minimum atomic E-state index is -4.66. The number of halogens is 4. The third-order valence-corrected chi connectivity index (χ3v) is 7.23. The predicted octanol–water partition coefficient (Wildman–Crippen LogP) is 5.52. The molecule has 7 nitrogen and oxygen atoms in total. The molecule has 0 saturated heterocycles. The summed E-state index contributed by atoms with van der Waals surface area (Å²) >= 11 is 5.98. The molecule has 0 bridgehead atoms. The first kappa shape index (κ1) is 27.2. The van der Waals surface area contributed by atoms with Crippen molar-refractivity contribution in [3.05, 3.63) is 76.8 Å². The molecule has 0 fully saturated rings. The third kappa shape index (κ3) is 6.03. The number of methoxy groups -OCH3 is 2. The second-order valence-corrected chi connectivity index (χ2v) is 9.84. The van der Waals surface area contributed by atoms with Crippen LogP contribution in [0.1, 0.15) is 11.1 Å². The number of anilines is 2. The number of nitrogens with zero attached hydrogens (tertiary/aromatic N) is 1. The highest BCUT2D eigenvalue weighted by molar-refractivity contribution is 7.93. The van der Waals surface area contributed by atoms with Gasteiger partial charge in [-0.15, -0.1) is 0 Å². The van der Waals surface area contributed by atoms with Crippen LogP contribution in [0.5, 0.6) is 11.5 Å². The maximum Gasteiger partial charge on any atom is 0.416 e. The van der Waals surface area contributed by atoms with Crippen molar-refractivity contribution >= 4 is 38.9 Å². The van der Waals surface area contributed by atoms with Crippen LogP contribution >= 0.6 is 11.6 Å². The summed E-state index contributed by atoms with van der Waals surface area (Å²) in [4.78, 5) is 12.7. The first-order valence-electron chi connectivity index (χ1n) is 10.3. The Morgan fingerprint density at radius 3 is 2.25 bits per heavy atom. The highest BCUT2D eigenvalue weighted by atomic mass is 35.5.